The van der Waals surface area contributed by atoms with E-state index in [-0.39, 0.29) is 6.42 Å². The molecule has 0 aliphatic heterocycles. The molecule has 1 aromatic carbocycles. The molecule has 8 heteroatoms. The lowest BCUT2D eigenvalue weighted by Crippen LogP contribution is -2.42. The smallest absolute Gasteiger partial charge is 0.321 e. The van der Waals surface area contributed by atoms with Gasteiger partial charge in [0.1, 0.15) is 6.04 Å². The predicted octanol–water partition coefficient (Wildman–Crippen LogP) is 1.93. The van der Waals surface area contributed by atoms with Crippen molar-refractivity contribution in [3.8, 4) is 0 Å². The number of benzene rings is 1. The van der Waals surface area contributed by atoms with Crippen molar-refractivity contribution in [1.29, 1.82) is 0 Å². The molecule has 0 saturated carbocycles. The molecule has 0 radical (unpaired) electrons. The second-order valence-corrected chi connectivity index (χ2v) is 5.93. The Morgan fingerprint density at radius 3 is 2.32 bits per heavy atom. The first kappa shape index (κ1) is 18.7. The molecule has 122 valence electrons. The maximum Gasteiger partial charge on any atom is 0.321 e. The summed E-state index contributed by atoms with van der Waals surface area (Å²) in [6, 6.07) is 3.68. The Morgan fingerprint density at radius 1 is 1.23 bits per heavy atom. The van der Waals surface area contributed by atoms with Crippen LogP contribution in [0.4, 0.5) is 5.69 Å². The SMILES string of the molecule is CN(C)CCN[C@@H](CC(=O)Nc1cc(Cl)cc(Cl)c1)C(=O)O. The number of hydrogen-bond donors (Lipinski definition) is 3. The monoisotopic (exact) mass is 347 g/mol. The number of carboxylic acids is 1. The van der Waals surface area contributed by atoms with Crippen molar-refractivity contribution < 1.29 is 14.7 Å². The Labute approximate surface area is 139 Å². The number of anilines is 1. The highest BCUT2D eigenvalue weighted by Crippen LogP contribution is 2.22. The van der Waals surface area contributed by atoms with Crippen molar-refractivity contribution in [3.63, 3.8) is 0 Å². The second kappa shape index (κ2) is 8.95. The van der Waals surface area contributed by atoms with E-state index in [1.165, 1.54) is 0 Å². The zero-order chi connectivity index (χ0) is 16.7. The zero-order valence-electron chi connectivity index (χ0n) is 12.4. The van der Waals surface area contributed by atoms with Crippen molar-refractivity contribution in [1.82, 2.24) is 10.2 Å². The molecule has 1 atom stereocenters. The normalized spacial score (nSPS) is 12.2. The summed E-state index contributed by atoms with van der Waals surface area (Å²) in [6.07, 6.45) is -0.188. The number of carbonyl (C=O) groups excluding carboxylic acids is 1. The number of likely N-dealkylation sites (N-methyl/N-ethyl adjacent to an activating group) is 1. The van der Waals surface area contributed by atoms with Crippen LogP contribution in [-0.4, -0.2) is 55.1 Å². The first-order valence-electron chi connectivity index (χ1n) is 6.65. The van der Waals surface area contributed by atoms with E-state index < -0.39 is 17.9 Å². The number of halogens is 2. The summed E-state index contributed by atoms with van der Waals surface area (Å²) in [6.45, 7) is 1.15. The van der Waals surface area contributed by atoms with Crippen LogP contribution in [0.25, 0.3) is 0 Å². The zero-order valence-corrected chi connectivity index (χ0v) is 13.9. The van der Waals surface area contributed by atoms with Gasteiger partial charge in [-0.25, -0.2) is 0 Å². The number of carbonyl (C=O) groups is 2. The van der Waals surface area contributed by atoms with E-state index in [0.717, 1.165) is 0 Å². The number of hydrogen-bond acceptors (Lipinski definition) is 4. The third-order valence-corrected chi connectivity index (χ3v) is 3.22. The van der Waals surface area contributed by atoms with Gasteiger partial charge >= 0.3 is 5.97 Å². The van der Waals surface area contributed by atoms with Crippen LogP contribution in [0, 0.1) is 0 Å². The molecule has 3 N–H and O–H groups in total. The highest BCUT2D eigenvalue weighted by molar-refractivity contribution is 6.35. The summed E-state index contributed by atoms with van der Waals surface area (Å²) < 4.78 is 0. The van der Waals surface area contributed by atoms with Gasteiger partial charge in [-0.3, -0.25) is 9.59 Å². The summed E-state index contributed by atoms with van der Waals surface area (Å²) in [7, 11) is 3.76. The Morgan fingerprint density at radius 2 is 1.82 bits per heavy atom. The minimum absolute atomic E-state index is 0.188. The first-order valence-corrected chi connectivity index (χ1v) is 7.40. The molecule has 0 unspecified atom stereocenters. The average Bonchev–Trinajstić information content (AvgIpc) is 2.35. The van der Waals surface area contributed by atoms with E-state index in [0.29, 0.717) is 28.8 Å². The molecule has 1 amide bonds. The Balaban J connectivity index is 2.57. The Kier molecular flexibility index (Phi) is 7.61. The van der Waals surface area contributed by atoms with Crippen LogP contribution in [0.1, 0.15) is 6.42 Å². The van der Waals surface area contributed by atoms with Gasteiger partial charge in [0.05, 0.1) is 6.42 Å². The lowest BCUT2D eigenvalue weighted by atomic mass is 10.2. The van der Waals surface area contributed by atoms with Gasteiger partial charge in [0, 0.05) is 28.8 Å². The molecule has 0 bridgehead atoms. The molecule has 0 aliphatic rings. The van der Waals surface area contributed by atoms with Crippen LogP contribution < -0.4 is 10.6 Å². The van der Waals surface area contributed by atoms with Gasteiger partial charge in [-0.2, -0.15) is 0 Å². The molecule has 22 heavy (non-hydrogen) atoms. The molecule has 0 saturated heterocycles. The van der Waals surface area contributed by atoms with E-state index in [4.69, 9.17) is 28.3 Å². The molecular weight excluding hydrogens is 329 g/mol. The van der Waals surface area contributed by atoms with E-state index in [1.807, 2.05) is 19.0 Å². The Hall–Kier alpha value is -1.34. The largest absolute Gasteiger partial charge is 0.480 e. The number of nitrogens with zero attached hydrogens (tertiary/aromatic N) is 1. The molecule has 1 rings (SSSR count). The molecule has 0 aliphatic carbocycles. The fourth-order valence-electron chi connectivity index (χ4n) is 1.73. The third kappa shape index (κ3) is 7.09. The third-order valence-electron chi connectivity index (χ3n) is 2.78. The summed E-state index contributed by atoms with van der Waals surface area (Å²) >= 11 is 11.7. The van der Waals surface area contributed by atoms with Gasteiger partial charge in [0.25, 0.3) is 0 Å². The molecule has 1 aromatic rings. The average molecular weight is 348 g/mol. The topological polar surface area (TPSA) is 81.7 Å². The van der Waals surface area contributed by atoms with Crippen LogP contribution in [0.15, 0.2) is 18.2 Å². The maximum atomic E-state index is 11.9. The van der Waals surface area contributed by atoms with Crippen LogP contribution in [0.3, 0.4) is 0 Å². The fourth-order valence-corrected chi connectivity index (χ4v) is 2.26. The lowest BCUT2D eigenvalue weighted by molar-refractivity contribution is -0.141. The van der Waals surface area contributed by atoms with Gasteiger partial charge in [-0.05, 0) is 32.3 Å². The van der Waals surface area contributed by atoms with Gasteiger partial charge in [0.2, 0.25) is 5.91 Å². The van der Waals surface area contributed by atoms with Gasteiger partial charge in [-0.1, -0.05) is 23.2 Å². The van der Waals surface area contributed by atoms with E-state index in [9.17, 15) is 9.59 Å². The molecule has 0 aromatic heterocycles. The predicted molar refractivity (Wildman–Crippen MR) is 87.7 cm³/mol. The molecular formula is C14H19Cl2N3O3. The molecule has 0 heterocycles. The molecule has 0 fully saturated rings. The van der Waals surface area contributed by atoms with Gasteiger partial charge in [0.15, 0.2) is 0 Å². The quantitative estimate of drug-likeness (QED) is 0.669. The van der Waals surface area contributed by atoms with E-state index in [2.05, 4.69) is 10.6 Å². The highest BCUT2D eigenvalue weighted by Gasteiger charge is 2.20. The van der Waals surface area contributed by atoms with Gasteiger partial charge < -0.3 is 20.6 Å². The van der Waals surface area contributed by atoms with Crippen LogP contribution in [0.5, 0.6) is 0 Å². The van der Waals surface area contributed by atoms with Crippen LogP contribution in [0.2, 0.25) is 10.0 Å². The van der Waals surface area contributed by atoms with E-state index >= 15 is 0 Å². The molecule has 6 nitrogen and oxygen atoms in total. The second-order valence-electron chi connectivity index (χ2n) is 5.06. The van der Waals surface area contributed by atoms with Crippen molar-refractivity contribution >= 4 is 40.8 Å². The summed E-state index contributed by atoms with van der Waals surface area (Å²) in [5.41, 5.74) is 0.430. The van der Waals surface area contributed by atoms with Crippen LogP contribution >= 0.6 is 23.2 Å². The van der Waals surface area contributed by atoms with Crippen molar-refractivity contribution in [2.45, 2.75) is 12.5 Å². The van der Waals surface area contributed by atoms with Gasteiger partial charge in [-0.15, -0.1) is 0 Å². The number of carboxylic acid groups (broad SMARTS) is 1. The number of aliphatic carboxylic acids is 1. The minimum Gasteiger partial charge on any atom is -0.480 e. The standard InChI is InChI=1S/C14H19Cl2N3O3/c1-19(2)4-3-17-12(14(21)22)8-13(20)18-11-6-9(15)5-10(16)7-11/h5-7,12,17H,3-4,8H2,1-2H3,(H,18,20)(H,21,22)/t12-/m0/s1. The number of rotatable bonds is 8. The number of nitrogens with one attached hydrogen (secondary N) is 2. The highest BCUT2D eigenvalue weighted by atomic mass is 35.5. The summed E-state index contributed by atoms with van der Waals surface area (Å²) in [5.74, 6) is -1.50. The van der Waals surface area contributed by atoms with Crippen LogP contribution in [-0.2, 0) is 9.59 Å². The Bertz CT molecular complexity index is 518. The fraction of sp³-hybridized carbons (Fsp3) is 0.429. The van der Waals surface area contributed by atoms with Crippen molar-refractivity contribution in [2.75, 3.05) is 32.5 Å². The summed E-state index contributed by atoms with van der Waals surface area (Å²) in [5, 5.41) is 15.3. The van der Waals surface area contributed by atoms with Crippen molar-refractivity contribution in [3.05, 3.63) is 28.2 Å². The summed E-state index contributed by atoms with van der Waals surface area (Å²) in [4.78, 5) is 25.0. The first-order chi connectivity index (χ1) is 10.3. The van der Waals surface area contributed by atoms with Crippen molar-refractivity contribution in [2.24, 2.45) is 0 Å². The maximum absolute atomic E-state index is 11.9. The lowest BCUT2D eigenvalue weighted by Gasteiger charge is -2.16. The minimum atomic E-state index is -1.07. The van der Waals surface area contributed by atoms with E-state index in [1.54, 1.807) is 18.2 Å². The molecule has 0 spiro atoms. The number of amides is 1.